The molecule has 100 valence electrons. The molecule has 0 radical (unpaired) electrons. The van der Waals surface area contributed by atoms with E-state index >= 15 is 0 Å². The average Bonchev–Trinajstić information content (AvgIpc) is 2.16. The SMILES string of the molecule is CC(C)(C)Oc1c(C=O)cc(O)cc1C(C)(C)C. The molecule has 0 saturated carbocycles. The van der Waals surface area contributed by atoms with Crippen molar-refractivity contribution in [1.82, 2.24) is 0 Å². The Morgan fingerprint density at radius 2 is 1.67 bits per heavy atom. The van der Waals surface area contributed by atoms with Crippen LogP contribution in [-0.2, 0) is 5.41 Å². The minimum absolute atomic E-state index is 0.0864. The Morgan fingerprint density at radius 3 is 2.06 bits per heavy atom. The zero-order valence-corrected chi connectivity index (χ0v) is 12.0. The van der Waals surface area contributed by atoms with Gasteiger partial charge in [-0.25, -0.2) is 0 Å². The molecule has 0 amide bonds. The van der Waals surface area contributed by atoms with Crippen molar-refractivity contribution < 1.29 is 14.6 Å². The number of ether oxygens (including phenoxy) is 1. The summed E-state index contributed by atoms with van der Waals surface area (Å²) < 4.78 is 5.89. The van der Waals surface area contributed by atoms with E-state index in [0.29, 0.717) is 11.3 Å². The molecule has 3 heteroatoms. The third kappa shape index (κ3) is 3.49. The van der Waals surface area contributed by atoms with Crippen LogP contribution < -0.4 is 4.74 Å². The lowest BCUT2D eigenvalue weighted by Crippen LogP contribution is -2.26. The zero-order chi connectivity index (χ0) is 14.1. The molecular weight excluding hydrogens is 228 g/mol. The van der Waals surface area contributed by atoms with Gasteiger partial charge in [-0.05, 0) is 38.3 Å². The number of aldehydes is 1. The molecule has 1 N–H and O–H groups in total. The molecule has 0 aliphatic carbocycles. The third-order valence-electron chi connectivity index (χ3n) is 2.45. The van der Waals surface area contributed by atoms with Crippen molar-refractivity contribution in [3.63, 3.8) is 0 Å². The molecule has 0 heterocycles. The Kier molecular flexibility index (Phi) is 3.75. The predicted octanol–water partition coefficient (Wildman–Crippen LogP) is 3.68. The van der Waals surface area contributed by atoms with Crippen LogP contribution in [0.15, 0.2) is 12.1 Å². The molecule has 0 aliphatic heterocycles. The van der Waals surface area contributed by atoms with Gasteiger partial charge >= 0.3 is 0 Å². The lowest BCUT2D eigenvalue weighted by atomic mass is 9.85. The van der Waals surface area contributed by atoms with Crippen LogP contribution in [0.3, 0.4) is 0 Å². The van der Waals surface area contributed by atoms with Gasteiger partial charge in [0.25, 0.3) is 0 Å². The van der Waals surface area contributed by atoms with E-state index in [2.05, 4.69) is 0 Å². The predicted molar refractivity (Wildman–Crippen MR) is 72.6 cm³/mol. The molecule has 0 bridgehead atoms. The number of hydrogen-bond acceptors (Lipinski definition) is 3. The number of carbonyl (C=O) groups is 1. The molecule has 0 fully saturated rings. The Bertz CT molecular complexity index is 448. The summed E-state index contributed by atoms with van der Waals surface area (Å²) in [5.74, 6) is 0.645. The summed E-state index contributed by atoms with van der Waals surface area (Å²) >= 11 is 0. The summed E-state index contributed by atoms with van der Waals surface area (Å²) in [5, 5.41) is 9.70. The van der Waals surface area contributed by atoms with Gasteiger partial charge in [0.2, 0.25) is 0 Å². The van der Waals surface area contributed by atoms with Gasteiger partial charge in [0.15, 0.2) is 6.29 Å². The second-order valence-corrected chi connectivity index (χ2v) is 6.49. The van der Waals surface area contributed by atoms with Crippen LogP contribution in [0.25, 0.3) is 0 Å². The largest absolute Gasteiger partial charge is 0.508 e. The number of carbonyl (C=O) groups excluding carboxylic acids is 1. The van der Waals surface area contributed by atoms with E-state index in [1.807, 2.05) is 41.5 Å². The van der Waals surface area contributed by atoms with Crippen molar-refractivity contribution in [2.45, 2.75) is 52.6 Å². The first-order valence-electron chi connectivity index (χ1n) is 6.06. The van der Waals surface area contributed by atoms with Gasteiger partial charge in [-0.2, -0.15) is 0 Å². The highest BCUT2D eigenvalue weighted by atomic mass is 16.5. The van der Waals surface area contributed by atoms with Gasteiger partial charge in [0, 0.05) is 5.56 Å². The summed E-state index contributed by atoms with van der Waals surface area (Å²) in [6, 6.07) is 3.09. The number of benzene rings is 1. The maximum absolute atomic E-state index is 11.2. The maximum atomic E-state index is 11.2. The van der Waals surface area contributed by atoms with Gasteiger partial charge in [0.05, 0.1) is 5.56 Å². The summed E-state index contributed by atoms with van der Waals surface area (Å²) in [6.07, 6.45) is 0.718. The topological polar surface area (TPSA) is 46.5 Å². The van der Waals surface area contributed by atoms with E-state index in [0.717, 1.165) is 11.8 Å². The highest BCUT2D eigenvalue weighted by Gasteiger charge is 2.25. The molecule has 1 rings (SSSR count). The van der Waals surface area contributed by atoms with Crippen LogP contribution in [0.5, 0.6) is 11.5 Å². The molecule has 0 aromatic heterocycles. The van der Waals surface area contributed by atoms with E-state index in [4.69, 9.17) is 4.74 Å². The van der Waals surface area contributed by atoms with Crippen LogP contribution in [0.2, 0.25) is 0 Å². The van der Waals surface area contributed by atoms with Crippen LogP contribution in [0.4, 0.5) is 0 Å². The minimum atomic E-state index is -0.394. The smallest absolute Gasteiger partial charge is 0.153 e. The van der Waals surface area contributed by atoms with E-state index in [9.17, 15) is 9.90 Å². The van der Waals surface area contributed by atoms with Gasteiger partial charge < -0.3 is 9.84 Å². The van der Waals surface area contributed by atoms with Crippen molar-refractivity contribution in [2.75, 3.05) is 0 Å². The number of phenols is 1. The monoisotopic (exact) mass is 250 g/mol. The first-order valence-corrected chi connectivity index (χ1v) is 6.06. The minimum Gasteiger partial charge on any atom is -0.508 e. The van der Waals surface area contributed by atoms with Crippen molar-refractivity contribution in [3.05, 3.63) is 23.3 Å². The second-order valence-electron chi connectivity index (χ2n) is 6.49. The van der Waals surface area contributed by atoms with Gasteiger partial charge in [-0.3, -0.25) is 4.79 Å². The molecule has 3 nitrogen and oxygen atoms in total. The highest BCUT2D eigenvalue weighted by molar-refractivity contribution is 5.81. The molecule has 0 aliphatic rings. The third-order valence-corrected chi connectivity index (χ3v) is 2.45. The van der Waals surface area contributed by atoms with Crippen molar-refractivity contribution in [2.24, 2.45) is 0 Å². The van der Waals surface area contributed by atoms with Crippen molar-refractivity contribution in [1.29, 1.82) is 0 Å². The number of aromatic hydroxyl groups is 1. The van der Waals surface area contributed by atoms with Gasteiger partial charge in [-0.1, -0.05) is 20.8 Å². The summed E-state index contributed by atoms with van der Waals surface area (Å²) in [6.45, 7) is 11.9. The van der Waals surface area contributed by atoms with Crippen molar-refractivity contribution >= 4 is 6.29 Å². The molecule has 1 aromatic carbocycles. The Balaban J connectivity index is 3.48. The Morgan fingerprint density at radius 1 is 1.11 bits per heavy atom. The van der Waals surface area contributed by atoms with Gasteiger partial charge in [0.1, 0.15) is 17.1 Å². The van der Waals surface area contributed by atoms with Crippen LogP contribution in [0.1, 0.15) is 57.5 Å². The van der Waals surface area contributed by atoms with Crippen LogP contribution in [0, 0.1) is 0 Å². The van der Waals surface area contributed by atoms with E-state index < -0.39 is 5.60 Å². The van der Waals surface area contributed by atoms with Crippen LogP contribution in [-0.4, -0.2) is 17.0 Å². The highest BCUT2D eigenvalue weighted by Crippen LogP contribution is 2.38. The van der Waals surface area contributed by atoms with Crippen molar-refractivity contribution in [3.8, 4) is 11.5 Å². The maximum Gasteiger partial charge on any atom is 0.153 e. The normalized spacial score (nSPS) is 12.3. The molecule has 0 spiro atoms. The first-order chi connectivity index (χ1) is 8.04. The lowest BCUT2D eigenvalue weighted by Gasteiger charge is -2.29. The quantitative estimate of drug-likeness (QED) is 0.814. The molecule has 0 saturated heterocycles. The fraction of sp³-hybridized carbons (Fsp3) is 0.533. The molecule has 0 atom stereocenters. The Labute approximate surface area is 109 Å². The van der Waals surface area contributed by atoms with E-state index in [-0.39, 0.29) is 11.2 Å². The van der Waals surface area contributed by atoms with E-state index in [1.165, 1.54) is 6.07 Å². The second kappa shape index (κ2) is 4.63. The molecule has 0 unspecified atom stereocenters. The Hall–Kier alpha value is -1.51. The summed E-state index contributed by atoms with van der Waals surface area (Å²) in [4.78, 5) is 11.2. The molecule has 18 heavy (non-hydrogen) atoms. The fourth-order valence-corrected chi connectivity index (χ4v) is 1.70. The molecule has 1 aromatic rings. The summed E-state index contributed by atoms with van der Waals surface area (Å²) in [7, 11) is 0. The number of hydrogen-bond donors (Lipinski definition) is 1. The summed E-state index contributed by atoms with van der Waals surface area (Å²) in [5.41, 5.74) is 0.612. The lowest BCUT2D eigenvalue weighted by molar-refractivity contribution is 0.108. The standard InChI is InChI=1S/C15H22O3/c1-14(2,3)12-8-11(17)7-10(9-16)13(12)18-15(4,5)6/h7-9,17H,1-6H3. The van der Waals surface area contributed by atoms with Gasteiger partial charge in [-0.15, -0.1) is 0 Å². The molecular formula is C15H22O3. The zero-order valence-electron chi connectivity index (χ0n) is 12.0. The first kappa shape index (κ1) is 14.6. The average molecular weight is 250 g/mol. The number of rotatable bonds is 2. The van der Waals surface area contributed by atoms with E-state index in [1.54, 1.807) is 6.07 Å². The van der Waals surface area contributed by atoms with Crippen LogP contribution >= 0.6 is 0 Å². The number of phenolic OH excluding ortho intramolecular Hbond substituents is 1. The fourth-order valence-electron chi connectivity index (χ4n) is 1.70.